The van der Waals surface area contributed by atoms with Gasteiger partial charge in [0.05, 0.1) is 12.7 Å². The molecule has 0 aliphatic heterocycles. The number of rotatable bonds is 4. The molecule has 19 heavy (non-hydrogen) atoms. The number of aryl methyl sites for hydroxylation is 1. The van der Waals surface area contributed by atoms with Crippen LogP contribution in [0.5, 0.6) is 0 Å². The molecule has 0 unspecified atom stereocenters. The van der Waals surface area contributed by atoms with Gasteiger partial charge in [0.2, 0.25) is 0 Å². The number of hydrogen-bond acceptors (Lipinski definition) is 2. The second-order valence-corrected chi connectivity index (χ2v) is 4.85. The maximum Gasteiger partial charge on any atom is 0.0539 e. The van der Waals surface area contributed by atoms with Gasteiger partial charge in [-0.3, -0.25) is 4.68 Å². The van der Waals surface area contributed by atoms with Gasteiger partial charge in [0.25, 0.3) is 0 Å². The lowest BCUT2D eigenvalue weighted by Crippen LogP contribution is -2.03. The third-order valence-electron chi connectivity index (χ3n) is 3.43. The standard InChI is InChI=1S/C15H18N4/c1-18-10-12(9-17-18)11-19-8-6-14-13(5-7-16)3-2-4-15(14)19/h2-4,6,8-10H,5,7,11,16H2,1H3. The highest BCUT2D eigenvalue weighted by atomic mass is 15.2. The highest BCUT2D eigenvalue weighted by Crippen LogP contribution is 2.21. The minimum atomic E-state index is 0.687. The summed E-state index contributed by atoms with van der Waals surface area (Å²) in [6, 6.07) is 8.60. The minimum Gasteiger partial charge on any atom is -0.343 e. The first-order chi connectivity index (χ1) is 9.28. The largest absolute Gasteiger partial charge is 0.343 e. The fourth-order valence-electron chi connectivity index (χ4n) is 2.55. The van der Waals surface area contributed by atoms with E-state index in [0.29, 0.717) is 6.54 Å². The van der Waals surface area contributed by atoms with Gasteiger partial charge in [0.1, 0.15) is 0 Å². The Morgan fingerprint density at radius 3 is 2.89 bits per heavy atom. The topological polar surface area (TPSA) is 48.8 Å². The van der Waals surface area contributed by atoms with Crippen molar-refractivity contribution >= 4 is 10.9 Å². The van der Waals surface area contributed by atoms with Crippen LogP contribution in [0.15, 0.2) is 42.9 Å². The van der Waals surface area contributed by atoms with Gasteiger partial charge in [0, 0.05) is 35.9 Å². The molecular weight excluding hydrogens is 236 g/mol. The molecule has 4 nitrogen and oxygen atoms in total. The molecule has 0 fully saturated rings. The van der Waals surface area contributed by atoms with Crippen molar-refractivity contribution < 1.29 is 0 Å². The third kappa shape index (κ3) is 2.27. The Hall–Kier alpha value is -2.07. The second-order valence-electron chi connectivity index (χ2n) is 4.85. The molecule has 1 aromatic carbocycles. The van der Waals surface area contributed by atoms with Crippen molar-refractivity contribution in [3.05, 3.63) is 54.0 Å². The van der Waals surface area contributed by atoms with Gasteiger partial charge in [-0.05, 0) is 30.7 Å². The monoisotopic (exact) mass is 254 g/mol. The fourth-order valence-corrected chi connectivity index (χ4v) is 2.55. The van der Waals surface area contributed by atoms with Crippen molar-refractivity contribution in [2.45, 2.75) is 13.0 Å². The molecule has 0 amide bonds. The molecule has 98 valence electrons. The lowest BCUT2D eigenvalue weighted by molar-refractivity contribution is 0.764. The Morgan fingerprint density at radius 1 is 1.26 bits per heavy atom. The van der Waals surface area contributed by atoms with Crippen LogP contribution in [-0.2, 0) is 20.0 Å². The third-order valence-corrected chi connectivity index (χ3v) is 3.43. The van der Waals surface area contributed by atoms with E-state index in [1.54, 1.807) is 0 Å². The summed E-state index contributed by atoms with van der Waals surface area (Å²) in [5.41, 5.74) is 9.46. The molecule has 3 aromatic rings. The summed E-state index contributed by atoms with van der Waals surface area (Å²) in [7, 11) is 1.94. The van der Waals surface area contributed by atoms with Crippen LogP contribution >= 0.6 is 0 Å². The molecular formula is C15H18N4. The summed E-state index contributed by atoms with van der Waals surface area (Å²) < 4.78 is 4.09. The molecule has 2 heterocycles. The van der Waals surface area contributed by atoms with E-state index in [9.17, 15) is 0 Å². The summed E-state index contributed by atoms with van der Waals surface area (Å²) in [4.78, 5) is 0. The zero-order chi connectivity index (χ0) is 13.2. The number of benzene rings is 1. The Kier molecular flexibility index (Phi) is 3.09. The van der Waals surface area contributed by atoms with E-state index in [1.807, 2.05) is 17.9 Å². The SMILES string of the molecule is Cn1cc(Cn2ccc3c(CCN)cccc32)cn1. The van der Waals surface area contributed by atoms with Gasteiger partial charge in [-0.2, -0.15) is 5.10 Å². The van der Waals surface area contributed by atoms with Gasteiger partial charge in [-0.1, -0.05) is 12.1 Å². The fraction of sp³-hybridized carbons (Fsp3) is 0.267. The van der Waals surface area contributed by atoms with E-state index in [0.717, 1.165) is 13.0 Å². The molecule has 2 aromatic heterocycles. The van der Waals surface area contributed by atoms with Crippen LogP contribution in [0.2, 0.25) is 0 Å². The molecule has 0 saturated carbocycles. The van der Waals surface area contributed by atoms with Crippen molar-refractivity contribution in [1.29, 1.82) is 0 Å². The van der Waals surface area contributed by atoms with Crippen LogP contribution in [-0.4, -0.2) is 20.9 Å². The summed E-state index contributed by atoms with van der Waals surface area (Å²) in [6.45, 7) is 1.54. The van der Waals surface area contributed by atoms with Crippen LogP contribution in [0.3, 0.4) is 0 Å². The van der Waals surface area contributed by atoms with E-state index in [4.69, 9.17) is 5.73 Å². The summed E-state index contributed by atoms with van der Waals surface area (Å²) in [5.74, 6) is 0. The maximum absolute atomic E-state index is 5.67. The lowest BCUT2D eigenvalue weighted by atomic mass is 10.1. The molecule has 0 aliphatic rings. The molecule has 3 rings (SSSR count). The van der Waals surface area contributed by atoms with Crippen molar-refractivity contribution in [1.82, 2.24) is 14.3 Å². The first kappa shape index (κ1) is 12.0. The smallest absolute Gasteiger partial charge is 0.0539 e. The van der Waals surface area contributed by atoms with Gasteiger partial charge in [0.15, 0.2) is 0 Å². The zero-order valence-electron chi connectivity index (χ0n) is 11.1. The Bertz CT molecular complexity index is 693. The van der Waals surface area contributed by atoms with E-state index in [1.165, 1.54) is 22.0 Å². The summed E-state index contributed by atoms with van der Waals surface area (Å²) in [6.07, 6.45) is 7.02. The number of nitrogens with zero attached hydrogens (tertiary/aromatic N) is 3. The zero-order valence-corrected chi connectivity index (χ0v) is 11.1. The van der Waals surface area contributed by atoms with Gasteiger partial charge in [-0.15, -0.1) is 0 Å². The van der Waals surface area contributed by atoms with E-state index >= 15 is 0 Å². The van der Waals surface area contributed by atoms with Gasteiger partial charge < -0.3 is 10.3 Å². The number of fused-ring (bicyclic) bond motifs is 1. The first-order valence-electron chi connectivity index (χ1n) is 6.52. The highest BCUT2D eigenvalue weighted by molar-refractivity contribution is 5.83. The molecule has 0 bridgehead atoms. The first-order valence-corrected chi connectivity index (χ1v) is 6.52. The Labute approximate surface area is 112 Å². The van der Waals surface area contributed by atoms with Crippen LogP contribution < -0.4 is 5.73 Å². The normalized spacial score (nSPS) is 11.3. The molecule has 0 saturated heterocycles. The van der Waals surface area contributed by atoms with E-state index in [-0.39, 0.29) is 0 Å². The predicted molar refractivity (Wildman–Crippen MR) is 77.0 cm³/mol. The van der Waals surface area contributed by atoms with E-state index < -0.39 is 0 Å². The number of hydrogen-bond donors (Lipinski definition) is 1. The van der Waals surface area contributed by atoms with Crippen molar-refractivity contribution in [2.24, 2.45) is 12.8 Å². The summed E-state index contributed by atoms with van der Waals surface area (Å²) >= 11 is 0. The number of nitrogens with two attached hydrogens (primary N) is 1. The molecule has 0 spiro atoms. The Balaban J connectivity index is 1.98. The predicted octanol–water partition coefficient (Wildman–Crippen LogP) is 1.92. The second kappa shape index (κ2) is 4.90. The van der Waals surface area contributed by atoms with Gasteiger partial charge in [-0.25, -0.2) is 0 Å². The maximum atomic E-state index is 5.67. The lowest BCUT2D eigenvalue weighted by Gasteiger charge is -2.05. The Morgan fingerprint density at radius 2 is 2.16 bits per heavy atom. The molecule has 0 radical (unpaired) electrons. The van der Waals surface area contributed by atoms with Gasteiger partial charge >= 0.3 is 0 Å². The van der Waals surface area contributed by atoms with Crippen LogP contribution in [0.25, 0.3) is 10.9 Å². The minimum absolute atomic E-state index is 0.687. The van der Waals surface area contributed by atoms with Crippen LogP contribution in [0, 0.1) is 0 Å². The molecule has 0 atom stereocenters. The average molecular weight is 254 g/mol. The average Bonchev–Trinajstić information content (AvgIpc) is 2.99. The van der Waals surface area contributed by atoms with Crippen molar-refractivity contribution in [3.8, 4) is 0 Å². The van der Waals surface area contributed by atoms with Crippen molar-refractivity contribution in [3.63, 3.8) is 0 Å². The summed E-state index contributed by atoms with van der Waals surface area (Å²) in [5, 5.41) is 5.51. The van der Waals surface area contributed by atoms with Crippen LogP contribution in [0.4, 0.5) is 0 Å². The highest BCUT2D eigenvalue weighted by Gasteiger charge is 2.06. The van der Waals surface area contributed by atoms with Crippen molar-refractivity contribution in [2.75, 3.05) is 6.54 Å². The van der Waals surface area contributed by atoms with E-state index in [2.05, 4.69) is 46.3 Å². The van der Waals surface area contributed by atoms with Crippen LogP contribution in [0.1, 0.15) is 11.1 Å². The molecule has 4 heteroatoms. The molecule has 0 aliphatic carbocycles. The number of aromatic nitrogens is 3. The quantitative estimate of drug-likeness (QED) is 0.773. The molecule has 2 N–H and O–H groups in total.